The topological polar surface area (TPSA) is 39.2 Å². The monoisotopic (exact) mass is 285 g/mol. The Bertz CT molecular complexity index is 620. The SMILES string of the molecule is CCC(=O)CCCOc1cc(C(C)C)cc2cccnc12. The number of pyridine rings is 1. The van der Waals surface area contributed by atoms with Crippen LogP contribution in [0.4, 0.5) is 0 Å². The van der Waals surface area contributed by atoms with Crippen molar-refractivity contribution in [1.82, 2.24) is 4.98 Å². The Morgan fingerprint density at radius 1 is 1.33 bits per heavy atom. The van der Waals surface area contributed by atoms with Crippen LogP contribution in [0, 0.1) is 0 Å². The number of Topliss-reactive ketones (excluding diaryl/α,β-unsaturated/α-hetero) is 1. The van der Waals surface area contributed by atoms with E-state index in [1.807, 2.05) is 13.0 Å². The molecule has 1 aromatic heterocycles. The van der Waals surface area contributed by atoms with Crippen molar-refractivity contribution in [3.63, 3.8) is 0 Å². The largest absolute Gasteiger partial charge is 0.491 e. The number of nitrogens with zero attached hydrogens (tertiary/aromatic N) is 1. The number of fused-ring (bicyclic) bond motifs is 1. The van der Waals surface area contributed by atoms with Crippen LogP contribution in [0.25, 0.3) is 10.9 Å². The highest BCUT2D eigenvalue weighted by Gasteiger charge is 2.09. The molecule has 0 fully saturated rings. The molecule has 0 saturated heterocycles. The summed E-state index contributed by atoms with van der Waals surface area (Å²) in [5.41, 5.74) is 2.14. The number of carbonyl (C=O) groups is 1. The molecule has 0 bridgehead atoms. The van der Waals surface area contributed by atoms with Crippen molar-refractivity contribution in [2.24, 2.45) is 0 Å². The van der Waals surface area contributed by atoms with E-state index < -0.39 is 0 Å². The van der Waals surface area contributed by atoms with Crippen molar-refractivity contribution in [2.75, 3.05) is 6.61 Å². The van der Waals surface area contributed by atoms with Crippen LogP contribution in [0.15, 0.2) is 30.5 Å². The number of carbonyl (C=O) groups excluding carboxylic acids is 1. The van der Waals surface area contributed by atoms with Gasteiger partial charge in [-0.2, -0.15) is 0 Å². The molecule has 3 heteroatoms. The lowest BCUT2D eigenvalue weighted by Gasteiger charge is -2.13. The van der Waals surface area contributed by atoms with Gasteiger partial charge in [-0.3, -0.25) is 9.78 Å². The fourth-order valence-electron chi connectivity index (χ4n) is 2.25. The van der Waals surface area contributed by atoms with Gasteiger partial charge < -0.3 is 4.74 Å². The van der Waals surface area contributed by atoms with E-state index >= 15 is 0 Å². The van der Waals surface area contributed by atoms with Gasteiger partial charge in [-0.15, -0.1) is 0 Å². The van der Waals surface area contributed by atoms with E-state index in [0.29, 0.717) is 25.4 Å². The molecule has 2 rings (SSSR count). The lowest BCUT2D eigenvalue weighted by molar-refractivity contribution is -0.118. The minimum Gasteiger partial charge on any atom is -0.491 e. The number of ether oxygens (including phenoxy) is 1. The molecule has 0 aliphatic carbocycles. The molecule has 0 aliphatic heterocycles. The van der Waals surface area contributed by atoms with Crippen molar-refractivity contribution in [1.29, 1.82) is 0 Å². The molecule has 0 radical (unpaired) electrons. The Labute approximate surface area is 126 Å². The van der Waals surface area contributed by atoms with Crippen LogP contribution in [0.5, 0.6) is 5.75 Å². The number of hydrogen-bond donors (Lipinski definition) is 0. The predicted octanol–water partition coefficient (Wildman–Crippen LogP) is 4.50. The van der Waals surface area contributed by atoms with Crippen molar-refractivity contribution < 1.29 is 9.53 Å². The number of aromatic nitrogens is 1. The number of ketones is 1. The number of benzene rings is 1. The van der Waals surface area contributed by atoms with Gasteiger partial charge in [-0.25, -0.2) is 0 Å². The van der Waals surface area contributed by atoms with E-state index in [4.69, 9.17) is 4.74 Å². The highest BCUT2D eigenvalue weighted by Crippen LogP contribution is 2.29. The van der Waals surface area contributed by atoms with Crippen LogP contribution < -0.4 is 4.74 Å². The molecule has 0 unspecified atom stereocenters. The fourth-order valence-corrected chi connectivity index (χ4v) is 2.25. The molecule has 21 heavy (non-hydrogen) atoms. The molecule has 3 nitrogen and oxygen atoms in total. The molecule has 0 aliphatic rings. The Morgan fingerprint density at radius 2 is 2.14 bits per heavy atom. The Balaban J connectivity index is 2.15. The van der Waals surface area contributed by atoms with Gasteiger partial charge in [0.05, 0.1) is 6.61 Å². The second-order valence-electron chi connectivity index (χ2n) is 5.59. The summed E-state index contributed by atoms with van der Waals surface area (Å²) >= 11 is 0. The van der Waals surface area contributed by atoms with Crippen LogP contribution in [0.1, 0.15) is 51.5 Å². The predicted molar refractivity (Wildman–Crippen MR) is 85.9 cm³/mol. The minimum atomic E-state index is 0.289. The quantitative estimate of drug-likeness (QED) is 0.703. The third-order valence-electron chi connectivity index (χ3n) is 3.61. The Morgan fingerprint density at radius 3 is 2.86 bits per heavy atom. The normalized spacial score (nSPS) is 11.0. The standard InChI is InChI=1S/C18H23NO2/c1-4-16(20)8-6-10-21-17-12-15(13(2)3)11-14-7-5-9-19-18(14)17/h5,7,9,11-13H,4,6,8,10H2,1-3H3. The minimum absolute atomic E-state index is 0.289. The van der Waals surface area contributed by atoms with E-state index in [0.717, 1.165) is 23.1 Å². The van der Waals surface area contributed by atoms with E-state index in [1.54, 1.807) is 6.20 Å². The van der Waals surface area contributed by atoms with Crippen LogP contribution in [-0.4, -0.2) is 17.4 Å². The maximum Gasteiger partial charge on any atom is 0.145 e. The maximum atomic E-state index is 11.3. The first-order chi connectivity index (χ1) is 10.1. The average molecular weight is 285 g/mol. The van der Waals surface area contributed by atoms with E-state index in [-0.39, 0.29) is 5.78 Å². The molecule has 2 aromatic rings. The van der Waals surface area contributed by atoms with Gasteiger partial charge in [-0.05, 0) is 36.1 Å². The number of rotatable bonds is 7. The van der Waals surface area contributed by atoms with E-state index in [2.05, 4.69) is 37.0 Å². The van der Waals surface area contributed by atoms with E-state index in [1.165, 1.54) is 5.56 Å². The van der Waals surface area contributed by atoms with Gasteiger partial charge >= 0.3 is 0 Å². The summed E-state index contributed by atoms with van der Waals surface area (Å²) in [6, 6.07) is 8.24. The third kappa shape index (κ3) is 4.03. The van der Waals surface area contributed by atoms with Crippen LogP contribution in [0.2, 0.25) is 0 Å². The first-order valence-electron chi connectivity index (χ1n) is 7.65. The molecule has 0 saturated carbocycles. The molecule has 0 amide bonds. The number of hydrogen-bond acceptors (Lipinski definition) is 3. The zero-order valence-electron chi connectivity index (χ0n) is 13.1. The van der Waals surface area contributed by atoms with Gasteiger partial charge in [0.25, 0.3) is 0 Å². The van der Waals surface area contributed by atoms with Crippen molar-refractivity contribution in [3.8, 4) is 5.75 Å². The summed E-state index contributed by atoms with van der Waals surface area (Å²) in [6.07, 6.45) is 3.73. The molecule has 0 spiro atoms. The molecule has 0 N–H and O–H groups in total. The molecular formula is C18H23NO2. The van der Waals surface area contributed by atoms with E-state index in [9.17, 15) is 4.79 Å². The van der Waals surface area contributed by atoms with Crippen molar-refractivity contribution in [2.45, 2.75) is 46.0 Å². The molecular weight excluding hydrogens is 262 g/mol. The van der Waals surface area contributed by atoms with Gasteiger partial charge in [0.1, 0.15) is 17.0 Å². The fraction of sp³-hybridized carbons (Fsp3) is 0.444. The lowest BCUT2D eigenvalue weighted by Crippen LogP contribution is -2.03. The Hall–Kier alpha value is -1.90. The zero-order valence-corrected chi connectivity index (χ0v) is 13.1. The second kappa shape index (κ2) is 7.21. The summed E-state index contributed by atoms with van der Waals surface area (Å²) in [5, 5.41) is 1.10. The van der Waals surface area contributed by atoms with Crippen LogP contribution in [-0.2, 0) is 4.79 Å². The van der Waals surface area contributed by atoms with Crippen molar-refractivity contribution >= 4 is 16.7 Å². The highest BCUT2D eigenvalue weighted by molar-refractivity contribution is 5.85. The second-order valence-corrected chi connectivity index (χ2v) is 5.59. The Kier molecular flexibility index (Phi) is 5.32. The van der Waals surface area contributed by atoms with Gasteiger partial charge in [0, 0.05) is 24.4 Å². The van der Waals surface area contributed by atoms with Gasteiger partial charge in [0.15, 0.2) is 0 Å². The van der Waals surface area contributed by atoms with Crippen LogP contribution >= 0.6 is 0 Å². The summed E-state index contributed by atoms with van der Waals surface area (Å²) in [4.78, 5) is 15.7. The summed E-state index contributed by atoms with van der Waals surface area (Å²) in [7, 11) is 0. The maximum absolute atomic E-state index is 11.3. The zero-order chi connectivity index (χ0) is 15.2. The lowest BCUT2D eigenvalue weighted by atomic mass is 10.0. The smallest absolute Gasteiger partial charge is 0.145 e. The summed E-state index contributed by atoms with van der Waals surface area (Å²) < 4.78 is 5.89. The highest BCUT2D eigenvalue weighted by atomic mass is 16.5. The molecule has 1 aromatic carbocycles. The van der Waals surface area contributed by atoms with Crippen LogP contribution in [0.3, 0.4) is 0 Å². The molecule has 1 heterocycles. The summed E-state index contributed by atoms with van der Waals surface area (Å²) in [5.74, 6) is 1.55. The van der Waals surface area contributed by atoms with Gasteiger partial charge in [-0.1, -0.05) is 26.8 Å². The third-order valence-corrected chi connectivity index (χ3v) is 3.61. The molecule has 112 valence electrons. The first-order valence-corrected chi connectivity index (χ1v) is 7.65. The first kappa shape index (κ1) is 15.5. The average Bonchev–Trinajstić information content (AvgIpc) is 2.50. The van der Waals surface area contributed by atoms with Gasteiger partial charge in [0.2, 0.25) is 0 Å². The van der Waals surface area contributed by atoms with Crippen molar-refractivity contribution in [3.05, 3.63) is 36.0 Å². The summed E-state index contributed by atoms with van der Waals surface area (Å²) in [6.45, 7) is 6.79. The molecule has 0 atom stereocenters.